The summed E-state index contributed by atoms with van der Waals surface area (Å²) in [6.45, 7) is 1.36. The molecule has 0 aromatic carbocycles. The molecule has 0 N–H and O–H groups in total. The molecule has 1 aliphatic rings. The molecule has 0 aliphatic carbocycles. The van der Waals surface area contributed by atoms with E-state index in [0.717, 1.165) is 18.5 Å². The second-order valence-electron chi connectivity index (χ2n) is 2.88. The van der Waals surface area contributed by atoms with Gasteiger partial charge in [-0.05, 0) is 14.1 Å². The van der Waals surface area contributed by atoms with E-state index >= 15 is 0 Å². The van der Waals surface area contributed by atoms with Crippen LogP contribution in [-0.4, -0.2) is 38.1 Å². The lowest BCUT2D eigenvalue weighted by atomic mass is 10.2. The van der Waals surface area contributed by atoms with Crippen molar-refractivity contribution in [3.05, 3.63) is 11.6 Å². The predicted octanol–water partition coefficient (Wildman–Crippen LogP) is 0.421. The summed E-state index contributed by atoms with van der Waals surface area (Å²) < 4.78 is 4.77. The van der Waals surface area contributed by atoms with Gasteiger partial charge in [-0.15, -0.1) is 0 Å². The van der Waals surface area contributed by atoms with Gasteiger partial charge in [0.05, 0.1) is 6.61 Å². The van der Waals surface area contributed by atoms with E-state index in [1.54, 1.807) is 0 Å². The molecule has 0 aromatic rings. The first-order chi connectivity index (χ1) is 5.20. The van der Waals surface area contributed by atoms with Crippen molar-refractivity contribution in [2.45, 2.75) is 6.42 Å². The van der Waals surface area contributed by atoms with E-state index in [0.29, 0.717) is 6.61 Å². The van der Waals surface area contributed by atoms with Gasteiger partial charge in [0.15, 0.2) is 0 Å². The van der Waals surface area contributed by atoms with E-state index in [9.17, 15) is 4.79 Å². The van der Waals surface area contributed by atoms with Gasteiger partial charge in [-0.25, -0.2) is 4.79 Å². The minimum absolute atomic E-state index is 0.146. The molecule has 0 spiro atoms. The highest BCUT2D eigenvalue weighted by Crippen LogP contribution is 2.12. The van der Waals surface area contributed by atoms with Crippen LogP contribution in [0.1, 0.15) is 6.42 Å². The van der Waals surface area contributed by atoms with Crippen LogP contribution in [0.3, 0.4) is 0 Å². The highest BCUT2D eigenvalue weighted by Gasteiger charge is 2.17. The molecular weight excluding hydrogens is 142 g/mol. The van der Waals surface area contributed by atoms with E-state index in [2.05, 4.69) is 0 Å². The van der Waals surface area contributed by atoms with Gasteiger partial charge in [-0.3, -0.25) is 0 Å². The van der Waals surface area contributed by atoms with Gasteiger partial charge in [0.1, 0.15) is 0 Å². The number of carbonyl (C=O) groups excluding carboxylic acids is 1. The maximum absolute atomic E-state index is 10.9. The summed E-state index contributed by atoms with van der Waals surface area (Å²) in [6, 6.07) is 0. The third-order valence-corrected chi connectivity index (χ3v) is 1.57. The third-order valence-electron chi connectivity index (χ3n) is 1.57. The number of esters is 1. The van der Waals surface area contributed by atoms with Gasteiger partial charge in [0, 0.05) is 18.5 Å². The summed E-state index contributed by atoms with van der Waals surface area (Å²) in [5.41, 5.74) is 0.818. The summed E-state index contributed by atoms with van der Waals surface area (Å²) in [7, 11) is 3.94. The molecule has 3 heteroatoms. The summed E-state index contributed by atoms with van der Waals surface area (Å²) in [5, 5.41) is 0. The van der Waals surface area contributed by atoms with Crippen LogP contribution in [0, 0.1) is 0 Å². The topological polar surface area (TPSA) is 29.5 Å². The lowest BCUT2D eigenvalue weighted by Crippen LogP contribution is -2.11. The summed E-state index contributed by atoms with van der Waals surface area (Å²) in [4.78, 5) is 12.9. The number of likely N-dealkylation sites (N-methyl/N-ethyl adjacent to an activating group) is 1. The Labute approximate surface area is 66.6 Å². The van der Waals surface area contributed by atoms with Crippen LogP contribution in [0.5, 0.6) is 0 Å². The van der Waals surface area contributed by atoms with Crippen LogP contribution >= 0.6 is 0 Å². The molecule has 0 saturated carbocycles. The normalized spacial score (nSPS) is 21.4. The van der Waals surface area contributed by atoms with E-state index in [4.69, 9.17) is 4.74 Å². The molecule has 0 radical (unpaired) electrons. The van der Waals surface area contributed by atoms with Crippen LogP contribution in [0.4, 0.5) is 0 Å². The van der Waals surface area contributed by atoms with E-state index in [1.807, 2.05) is 25.1 Å². The van der Waals surface area contributed by atoms with Crippen LogP contribution in [0.15, 0.2) is 11.6 Å². The number of nitrogens with zero attached hydrogens (tertiary/aromatic N) is 1. The van der Waals surface area contributed by atoms with Gasteiger partial charge in [-0.1, -0.05) is 6.08 Å². The first kappa shape index (κ1) is 8.27. The summed E-state index contributed by atoms with van der Waals surface area (Å²) in [6.07, 6.45) is 2.70. The Hall–Kier alpha value is -0.830. The molecular formula is C8H13NO2. The van der Waals surface area contributed by atoms with Crippen molar-refractivity contribution in [1.82, 2.24) is 4.90 Å². The van der Waals surface area contributed by atoms with E-state index in [-0.39, 0.29) is 5.97 Å². The van der Waals surface area contributed by atoms with Crippen molar-refractivity contribution in [3.63, 3.8) is 0 Å². The molecule has 1 aliphatic heterocycles. The maximum Gasteiger partial charge on any atom is 0.333 e. The molecule has 0 atom stereocenters. The van der Waals surface area contributed by atoms with Crippen molar-refractivity contribution in [2.24, 2.45) is 0 Å². The van der Waals surface area contributed by atoms with Crippen molar-refractivity contribution >= 4 is 5.97 Å². The molecule has 11 heavy (non-hydrogen) atoms. The number of ether oxygens (including phenoxy) is 1. The van der Waals surface area contributed by atoms with Gasteiger partial charge in [0.2, 0.25) is 0 Å². The second kappa shape index (κ2) is 3.53. The zero-order valence-corrected chi connectivity index (χ0v) is 6.96. The van der Waals surface area contributed by atoms with E-state index in [1.165, 1.54) is 0 Å². The molecule has 0 amide bonds. The number of carbonyl (C=O) groups is 1. The Bertz CT molecular complexity index is 185. The molecule has 1 saturated heterocycles. The highest BCUT2D eigenvalue weighted by atomic mass is 16.5. The molecule has 1 rings (SSSR count). The van der Waals surface area contributed by atoms with Crippen molar-refractivity contribution < 1.29 is 9.53 Å². The number of hydrogen-bond acceptors (Lipinski definition) is 3. The van der Waals surface area contributed by atoms with Crippen LogP contribution in [0.2, 0.25) is 0 Å². The average molecular weight is 155 g/mol. The fraction of sp³-hybridized carbons (Fsp3) is 0.625. The molecule has 0 aromatic heterocycles. The van der Waals surface area contributed by atoms with Gasteiger partial charge < -0.3 is 9.64 Å². The fourth-order valence-electron chi connectivity index (χ4n) is 0.927. The minimum Gasteiger partial charge on any atom is -0.462 e. The third kappa shape index (κ3) is 2.35. The SMILES string of the molecule is CN(C)CC=C1CCOC1=O. The Balaban J connectivity index is 2.45. The van der Waals surface area contributed by atoms with Crippen molar-refractivity contribution in [2.75, 3.05) is 27.2 Å². The molecule has 62 valence electrons. The number of cyclic esters (lactones) is 1. The first-order valence-electron chi connectivity index (χ1n) is 3.71. The number of hydrogen-bond donors (Lipinski definition) is 0. The van der Waals surface area contributed by atoms with Gasteiger partial charge >= 0.3 is 5.97 Å². The lowest BCUT2D eigenvalue weighted by molar-refractivity contribution is -0.135. The number of rotatable bonds is 2. The largest absolute Gasteiger partial charge is 0.462 e. The standard InChI is InChI=1S/C8H13NO2/c1-9(2)5-3-7-4-6-11-8(7)10/h3H,4-6H2,1-2H3. The second-order valence-corrected chi connectivity index (χ2v) is 2.88. The molecule has 1 fully saturated rings. The van der Waals surface area contributed by atoms with Gasteiger partial charge in [0.25, 0.3) is 0 Å². The van der Waals surface area contributed by atoms with E-state index < -0.39 is 0 Å². The van der Waals surface area contributed by atoms with Crippen LogP contribution in [-0.2, 0) is 9.53 Å². The Kier molecular flexibility index (Phi) is 2.65. The minimum atomic E-state index is -0.146. The van der Waals surface area contributed by atoms with Gasteiger partial charge in [-0.2, -0.15) is 0 Å². The molecule has 3 nitrogen and oxygen atoms in total. The molecule has 0 bridgehead atoms. The van der Waals surface area contributed by atoms with Crippen LogP contribution < -0.4 is 0 Å². The van der Waals surface area contributed by atoms with Crippen molar-refractivity contribution in [1.29, 1.82) is 0 Å². The highest BCUT2D eigenvalue weighted by molar-refractivity contribution is 5.90. The average Bonchev–Trinajstić information content (AvgIpc) is 2.31. The fourth-order valence-corrected chi connectivity index (χ4v) is 0.927. The summed E-state index contributed by atoms with van der Waals surface area (Å²) >= 11 is 0. The molecule has 1 heterocycles. The van der Waals surface area contributed by atoms with Crippen molar-refractivity contribution in [3.8, 4) is 0 Å². The molecule has 0 unspecified atom stereocenters. The quantitative estimate of drug-likeness (QED) is 0.427. The Morgan fingerprint density at radius 1 is 1.64 bits per heavy atom. The zero-order chi connectivity index (χ0) is 8.27. The summed E-state index contributed by atoms with van der Waals surface area (Å²) in [5.74, 6) is -0.146. The Morgan fingerprint density at radius 2 is 2.36 bits per heavy atom. The Morgan fingerprint density at radius 3 is 2.82 bits per heavy atom. The monoisotopic (exact) mass is 155 g/mol. The first-order valence-corrected chi connectivity index (χ1v) is 3.71. The van der Waals surface area contributed by atoms with Crippen LogP contribution in [0.25, 0.3) is 0 Å². The smallest absolute Gasteiger partial charge is 0.333 e. The zero-order valence-electron chi connectivity index (χ0n) is 6.96. The predicted molar refractivity (Wildman–Crippen MR) is 42.2 cm³/mol. The maximum atomic E-state index is 10.9. The lowest BCUT2D eigenvalue weighted by Gasteiger charge is -2.04.